The molecule has 0 amide bonds. The second-order valence-electron chi connectivity index (χ2n) is 4.45. The minimum atomic E-state index is 0.672. The van der Waals surface area contributed by atoms with Gasteiger partial charge in [0.25, 0.3) is 0 Å². The number of pyridine rings is 1. The monoisotopic (exact) mass is 260 g/mol. The van der Waals surface area contributed by atoms with Gasteiger partial charge >= 0.3 is 0 Å². The van der Waals surface area contributed by atoms with Crippen LogP contribution in [-0.2, 0) is 6.54 Å². The molecule has 0 bridgehead atoms. The maximum atomic E-state index is 8.77. The van der Waals surface area contributed by atoms with Gasteiger partial charge in [-0.05, 0) is 35.9 Å². The zero-order valence-corrected chi connectivity index (χ0v) is 10.8. The molecule has 0 atom stereocenters. The van der Waals surface area contributed by atoms with E-state index < -0.39 is 0 Å². The molecule has 2 aromatic heterocycles. The lowest BCUT2D eigenvalue weighted by Crippen LogP contribution is -2.00. The van der Waals surface area contributed by atoms with Gasteiger partial charge in [-0.2, -0.15) is 10.4 Å². The van der Waals surface area contributed by atoms with Crippen LogP contribution >= 0.6 is 0 Å². The van der Waals surface area contributed by atoms with Crippen LogP contribution in [0.2, 0.25) is 0 Å². The van der Waals surface area contributed by atoms with Gasteiger partial charge in [-0.15, -0.1) is 0 Å². The summed E-state index contributed by atoms with van der Waals surface area (Å²) in [5.41, 5.74) is 3.70. The molecule has 3 rings (SSSR count). The van der Waals surface area contributed by atoms with Crippen LogP contribution in [0, 0.1) is 11.3 Å². The fraction of sp³-hybridized carbons (Fsp3) is 0.0625. The normalized spacial score (nSPS) is 10.2. The molecular weight excluding hydrogens is 248 g/mol. The van der Waals surface area contributed by atoms with Crippen LogP contribution in [0.1, 0.15) is 11.1 Å². The molecule has 0 saturated heterocycles. The van der Waals surface area contributed by atoms with E-state index in [4.69, 9.17) is 5.26 Å². The van der Waals surface area contributed by atoms with Crippen LogP contribution in [-0.4, -0.2) is 14.8 Å². The number of hydrogen-bond donors (Lipinski definition) is 0. The number of nitrogens with zero attached hydrogens (tertiary/aromatic N) is 4. The molecule has 20 heavy (non-hydrogen) atoms. The average molecular weight is 260 g/mol. The molecule has 1 aromatic carbocycles. The van der Waals surface area contributed by atoms with Crippen molar-refractivity contribution in [1.29, 1.82) is 5.26 Å². The Labute approximate surface area is 116 Å². The Hall–Kier alpha value is -2.93. The van der Waals surface area contributed by atoms with Crippen LogP contribution in [0.3, 0.4) is 0 Å². The maximum absolute atomic E-state index is 8.77. The standard InChI is InChI=1S/C16H12N4/c17-10-13-3-5-14(6-4-13)12-20-9-7-16(19-20)15-2-1-8-18-11-15/h1-9,11H,12H2. The summed E-state index contributed by atoms with van der Waals surface area (Å²) < 4.78 is 1.88. The number of benzene rings is 1. The molecule has 2 heterocycles. The van der Waals surface area contributed by atoms with Gasteiger partial charge in [-0.3, -0.25) is 9.67 Å². The number of hydrogen-bond acceptors (Lipinski definition) is 3. The smallest absolute Gasteiger partial charge is 0.0991 e. The second-order valence-corrected chi connectivity index (χ2v) is 4.45. The first-order valence-corrected chi connectivity index (χ1v) is 6.28. The summed E-state index contributed by atoms with van der Waals surface area (Å²) in [6, 6.07) is 15.5. The van der Waals surface area contributed by atoms with Gasteiger partial charge in [0.2, 0.25) is 0 Å². The van der Waals surface area contributed by atoms with Gasteiger partial charge in [-0.25, -0.2) is 0 Å². The summed E-state index contributed by atoms with van der Waals surface area (Å²) in [6.07, 6.45) is 5.49. The number of aromatic nitrogens is 3. The Bertz CT molecular complexity index is 736. The molecule has 0 N–H and O–H groups in total. The van der Waals surface area contributed by atoms with Gasteiger partial charge in [0.1, 0.15) is 0 Å². The lowest BCUT2D eigenvalue weighted by Gasteiger charge is -2.02. The Morgan fingerprint density at radius 2 is 1.95 bits per heavy atom. The molecule has 0 spiro atoms. The van der Waals surface area contributed by atoms with E-state index in [2.05, 4.69) is 16.2 Å². The minimum Gasteiger partial charge on any atom is -0.268 e. The highest BCUT2D eigenvalue weighted by Crippen LogP contribution is 2.15. The van der Waals surface area contributed by atoms with Crippen LogP contribution < -0.4 is 0 Å². The molecular formula is C16H12N4. The van der Waals surface area contributed by atoms with Gasteiger partial charge < -0.3 is 0 Å². The second kappa shape index (κ2) is 5.37. The van der Waals surface area contributed by atoms with Crippen molar-refractivity contribution in [3.8, 4) is 17.3 Å². The summed E-state index contributed by atoms with van der Waals surface area (Å²) >= 11 is 0. The summed E-state index contributed by atoms with van der Waals surface area (Å²) in [6.45, 7) is 0.686. The maximum Gasteiger partial charge on any atom is 0.0991 e. The van der Waals surface area contributed by atoms with Crippen LogP contribution in [0.15, 0.2) is 61.1 Å². The van der Waals surface area contributed by atoms with Crippen molar-refractivity contribution >= 4 is 0 Å². The summed E-state index contributed by atoms with van der Waals surface area (Å²) in [4.78, 5) is 4.09. The number of rotatable bonds is 3. The largest absolute Gasteiger partial charge is 0.268 e. The van der Waals surface area contributed by atoms with E-state index in [0.29, 0.717) is 12.1 Å². The lowest BCUT2D eigenvalue weighted by atomic mass is 10.1. The third-order valence-electron chi connectivity index (χ3n) is 3.03. The summed E-state index contributed by atoms with van der Waals surface area (Å²) in [5.74, 6) is 0. The van der Waals surface area contributed by atoms with Crippen LogP contribution in [0.25, 0.3) is 11.3 Å². The fourth-order valence-electron chi connectivity index (χ4n) is 1.99. The molecule has 0 fully saturated rings. The Balaban J connectivity index is 1.79. The van der Waals surface area contributed by atoms with Crippen LogP contribution in [0.4, 0.5) is 0 Å². The first-order valence-electron chi connectivity index (χ1n) is 6.28. The van der Waals surface area contributed by atoms with E-state index in [0.717, 1.165) is 16.8 Å². The van der Waals surface area contributed by atoms with Crippen molar-refractivity contribution in [2.75, 3.05) is 0 Å². The van der Waals surface area contributed by atoms with E-state index in [-0.39, 0.29) is 0 Å². The van der Waals surface area contributed by atoms with Crippen molar-refractivity contribution < 1.29 is 0 Å². The zero-order valence-electron chi connectivity index (χ0n) is 10.8. The zero-order chi connectivity index (χ0) is 13.8. The molecule has 0 saturated carbocycles. The van der Waals surface area contributed by atoms with Crippen molar-refractivity contribution in [2.45, 2.75) is 6.54 Å². The van der Waals surface area contributed by atoms with Crippen LogP contribution in [0.5, 0.6) is 0 Å². The predicted molar refractivity (Wildman–Crippen MR) is 75.7 cm³/mol. The SMILES string of the molecule is N#Cc1ccc(Cn2ccc(-c3cccnc3)n2)cc1. The highest BCUT2D eigenvalue weighted by molar-refractivity contribution is 5.56. The van der Waals surface area contributed by atoms with Gasteiger partial charge in [-0.1, -0.05) is 12.1 Å². The topological polar surface area (TPSA) is 54.5 Å². The number of nitriles is 1. The molecule has 0 aliphatic carbocycles. The first-order chi connectivity index (χ1) is 9.85. The van der Waals surface area contributed by atoms with Crippen molar-refractivity contribution in [3.05, 3.63) is 72.2 Å². The average Bonchev–Trinajstić information content (AvgIpc) is 2.97. The summed E-state index contributed by atoms with van der Waals surface area (Å²) in [7, 11) is 0. The molecule has 4 heteroatoms. The fourth-order valence-corrected chi connectivity index (χ4v) is 1.99. The lowest BCUT2D eigenvalue weighted by molar-refractivity contribution is 0.689. The van der Waals surface area contributed by atoms with E-state index in [1.165, 1.54) is 0 Å². The van der Waals surface area contributed by atoms with Crippen molar-refractivity contribution in [3.63, 3.8) is 0 Å². The molecule has 3 aromatic rings. The van der Waals surface area contributed by atoms with E-state index in [9.17, 15) is 0 Å². The molecule has 96 valence electrons. The minimum absolute atomic E-state index is 0.672. The van der Waals surface area contributed by atoms with Gasteiger partial charge in [0, 0.05) is 24.2 Å². The van der Waals surface area contributed by atoms with Crippen molar-refractivity contribution in [2.24, 2.45) is 0 Å². The Morgan fingerprint density at radius 3 is 2.65 bits per heavy atom. The molecule has 4 nitrogen and oxygen atoms in total. The van der Waals surface area contributed by atoms with E-state index >= 15 is 0 Å². The quantitative estimate of drug-likeness (QED) is 0.727. The third kappa shape index (κ3) is 2.57. The Morgan fingerprint density at radius 1 is 1.10 bits per heavy atom. The summed E-state index contributed by atoms with van der Waals surface area (Å²) in [5, 5.41) is 13.3. The molecule has 0 radical (unpaired) electrons. The first kappa shape index (κ1) is 12.1. The highest BCUT2D eigenvalue weighted by atomic mass is 15.3. The van der Waals surface area contributed by atoms with Gasteiger partial charge in [0.15, 0.2) is 0 Å². The Kier molecular flexibility index (Phi) is 3.25. The van der Waals surface area contributed by atoms with E-state index in [1.54, 1.807) is 12.4 Å². The highest BCUT2D eigenvalue weighted by Gasteiger charge is 2.02. The third-order valence-corrected chi connectivity index (χ3v) is 3.03. The van der Waals surface area contributed by atoms with Crippen molar-refractivity contribution in [1.82, 2.24) is 14.8 Å². The van der Waals surface area contributed by atoms with E-state index in [1.807, 2.05) is 53.3 Å². The predicted octanol–water partition coefficient (Wildman–Crippen LogP) is 2.87. The van der Waals surface area contributed by atoms with Gasteiger partial charge in [0.05, 0.1) is 23.9 Å². The molecule has 0 aliphatic heterocycles. The molecule has 0 aliphatic rings. The molecule has 0 unspecified atom stereocenters.